The SMILES string of the molecule is O=C(O)C1CCCC(Nc2cc(Cl)ccc2F)C1. The van der Waals surface area contributed by atoms with Gasteiger partial charge in [0.05, 0.1) is 11.6 Å². The highest BCUT2D eigenvalue weighted by Crippen LogP contribution is 2.28. The van der Waals surface area contributed by atoms with E-state index in [9.17, 15) is 9.18 Å². The quantitative estimate of drug-likeness (QED) is 0.884. The van der Waals surface area contributed by atoms with Gasteiger partial charge in [-0.1, -0.05) is 18.0 Å². The van der Waals surface area contributed by atoms with Crippen LogP contribution < -0.4 is 5.32 Å². The molecule has 2 rings (SSSR count). The molecular formula is C13H15ClFNO2. The van der Waals surface area contributed by atoms with Crippen LogP contribution in [0.2, 0.25) is 5.02 Å². The fraction of sp³-hybridized carbons (Fsp3) is 0.462. The van der Waals surface area contributed by atoms with Crippen molar-refractivity contribution in [3.63, 3.8) is 0 Å². The van der Waals surface area contributed by atoms with Crippen LogP contribution in [-0.2, 0) is 4.79 Å². The first kappa shape index (κ1) is 13.1. The first-order chi connectivity index (χ1) is 8.56. The Morgan fingerprint density at radius 3 is 2.94 bits per heavy atom. The fourth-order valence-electron chi connectivity index (χ4n) is 2.37. The lowest BCUT2D eigenvalue weighted by Gasteiger charge is -2.28. The Morgan fingerprint density at radius 2 is 2.22 bits per heavy atom. The predicted molar refractivity (Wildman–Crippen MR) is 68.4 cm³/mol. The fourth-order valence-corrected chi connectivity index (χ4v) is 2.55. The summed E-state index contributed by atoms with van der Waals surface area (Å²) in [4.78, 5) is 11.0. The van der Waals surface area contributed by atoms with Crippen molar-refractivity contribution in [2.45, 2.75) is 31.7 Å². The summed E-state index contributed by atoms with van der Waals surface area (Å²) in [5.74, 6) is -1.47. The number of rotatable bonds is 3. The van der Waals surface area contributed by atoms with Crippen molar-refractivity contribution in [2.24, 2.45) is 5.92 Å². The van der Waals surface area contributed by atoms with Gasteiger partial charge in [-0.2, -0.15) is 0 Å². The maximum atomic E-state index is 13.5. The maximum Gasteiger partial charge on any atom is 0.306 e. The number of hydrogen-bond donors (Lipinski definition) is 2. The summed E-state index contributed by atoms with van der Waals surface area (Å²) >= 11 is 5.81. The number of halogens is 2. The molecule has 0 spiro atoms. The molecule has 2 N–H and O–H groups in total. The smallest absolute Gasteiger partial charge is 0.306 e. The lowest BCUT2D eigenvalue weighted by Crippen LogP contribution is -2.31. The molecule has 1 fully saturated rings. The van der Waals surface area contributed by atoms with Crippen LogP contribution in [0.3, 0.4) is 0 Å². The highest BCUT2D eigenvalue weighted by Gasteiger charge is 2.27. The Hall–Kier alpha value is -1.29. The zero-order valence-corrected chi connectivity index (χ0v) is 10.6. The average molecular weight is 272 g/mol. The van der Waals surface area contributed by atoms with Crippen LogP contribution in [0.5, 0.6) is 0 Å². The molecule has 1 aliphatic rings. The minimum atomic E-state index is -0.770. The minimum Gasteiger partial charge on any atom is -0.481 e. The molecule has 0 saturated heterocycles. The molecular weight excluding hydrogens is 257 g/mol. The van der Waals surface area contributed by atoms with E-state index in [2.05, 4.69) is 5.32 Å². The summed E-state index contributed by atoms with van der Waals surface area (Å²) in [5, 5.41) is 12.5. The lowest BCUT2D eigenvalue weighted by atomic mass is 9.85. The third kappa shape index (κ3) is 3.13. The summed E-state index contributed by atoms with van der Waals surface area (Å²) in [6.45, 7) is 0. The average Bonchev–Trinajstić information content (AvgIpc) is 2.34. The van der Waals surface area contributed by atoms with E-state index < -0.39 is 5.97 Å². The molecule has 0 bridgehead atoms. The number of benzene rings is 1. The largest absolute Gasteiger partial charge is 0.481 e. The molecule has 0 radical (unpaired) electrons. The van der Waals surface area contributed by atoms with Crippen molar-refractivity contribution in [3.8, 4) is 0 Å². The van der Waals surface area contributed by atoms with Gasteiger partial charge in [0.2, 0.25) is 0 Å². The van der Waals surface area contributed by atoms with E-state index in [1.165, 1.54) is 18.2 Å². The van der Waals surface area contributed by atoms with Gasteiger partial charge < -0.3 is 10.4 Å². The number of carbonyl (C=O) groups is 1. The predicted octanol–water partition coefficient (Wildman–Crippen LogP) is 3.53. The highest BCUT2D eigenvalue weighted by molar-refractivity contribution is 6.30. The molecule has 0 aromatic heterocycles. The Kier molecular flexibility index (Phi) is 4.07. The van der Waals surface area contributed by atoms with Crippen molar-refractivity contribution < 1.29 is 14.3 Å². The van der Waals surface area contributed by atoms with E-state index in [1.54, 1.807) is 0 Å². The second-order valence-electron chi connectivity index (χ2n) is 4.67. The van der Waals surface area contributed by atoms with Gasteiger partial charge in [-0.05, 0) is 37.5 Å². The summed E-state index contributed by atoms with van der Waals surface area (Å²) < 4.78 is 13.5. The van der Waals surface area contributed by atoms with Crippen LogP contribution in [0.4, 0.5) is 10.1 Å². The van der Waals surface area contributed by atoms with Gasteiger partial charge in [-0.25, -0.2) is 4.39 Å². The Balaban J connectivity index is 2.04. The first-order valence-corrected chi connectivity index (χ1v) is 6.38. The molecule has 2 atom stereocenters. The van der Waals surface area contributed by atoms with E-state index in [0.717, 1.165) is 12.8 Å². The molecule has 1 aromatic carbocycles. The van der Waals surface area contributed by atoms with E-state index in [0.29, 0.717) is 23.6 Å². The molecule has 1 aliphatic carbocycles. The highest BCUT2D eigenvalue weighted by atomic mass is 35.5. The molecule has 0 amide bonds. The summed E-state index contributed by atoms with van der Waals surface area (Å²) in [6.07, 6.45) is 2.93. The standard InChI is InChI=1S/C13H15ClFNO2/c14-9-4-5-11(15)12(7-9)16-10-3-1-2-8(6-10)13(17)18/h4-5,7-8,10,16H,1-3,6H2,(H,17,18). The molecule has 3 nitrogen and oxygen atoms in total. The number of carboxylic acid groups (broad SMARTS) is 1. The van der Waals surface area contributed by atoms with Gasteiger partial charge >= 0.3 is 5.97 Å². The van der Waals surface area contributed by atoms with Gasteiger partial charge in [0.15, 0.2) is 0 Å². The number of anilines is 1. The zero-order chi connectivity index (χ0) is 13.1. The van der Waals surface area contributed by atoms with Gasteiger partial charge in [0, 0.05) is 11.1 Å². The van der Waals surface area contributed by atoms with E-state index >= 15 is 0 Å². The van der Waals surface area contributed by atoms with Crippen LogP contribution in [-0.4, -0.2) is 17.1 Å². The molecule has 1 aromatic rings. The van der Waals surface area contributed by atoms with Crippen molar-refractivity contribution in [1.82, 2.24) is 0 Å². The summed E-state index contributed by atoms with van der Waals surface area (Å²) in [7, 11) is 0. The van der Waals surface area contributed by atoms with Gasteiger partial charge in [0.25, 0.3) is 0 Å². The maximum absolute atomic E-state index is 13.5. The van der Waals surface area contributed by atoms with Gasteiger partial charge in [-0.15, -0.1) is 0 Å². The van der Waals surface area contributed by atoms with Crippen LogP contribution in [0.15, 0.2) is 18.2 Å². The van der Waals surface area contributed by atoms with E-state index in [1.807, 2.05) is 0 Å². The minimum absolute atomic E-state index is 0.00665. The van der Waals surface area contributed by atoms with E-state index in [4.69, 9.17) is 16.7 Å². The Bertz CT molecular complexity index is 453. The monoisotopic (exact) mass is 271 g/mol. The molecule has 98 valence electrons. The van der Waals surface area contributed by atoms with Crippen LogP contribution in [0.1, 0.15) is 25.7 Å². The van der Waals surface area contributed by atoms with Crippen LogP contribution in [0, 0.1) is 11.7 Å². The molecule has 0 aliphatic heterocycles. The van der Waals surface area contributed by atoms with Crippen molar-refractivity contribution in [2.75, 3.05) is 5.32 Å². The number of carboxylic acids is 1. The topological polar surface area (TPSA) is 49.3 Å². The molecule has 2 unspecified atom stereocenters. The Morgan fingerprint density at radius 1 is 1.44 bits per heavy atom. The third-order valence-corrected chi connectivity index (χ3v) is 3.55. The van der Waals surface area contributed by atoms with Gasteiger partial charge in [0.1, 0.15) is 5.82 Å². The molecule has 5 heteroatoms. The number of nitrogens with one attached hydrogen (secondary N) is 1. The molecule has 1 saturated carbocycles. The third-order valence-electron chi connectivity index (χ3n) is 3.31. The summed E-state index contributed by atoms with van der Waals surface area (Å²) in [5.41, 5.74) is 0.346. The lowest BCUT2D eigenvalue weighted by molar-refractivity contribution is -0.142. The van der Waals surface area contributed by atoms with Crippen molar-refractivity contribution in [3.05, 3.63) is 29.0 Å². The second-order valence-corrected chi connectivity index (χ2v) is 5.10. The van der Waals surface area contributed by atoms with Crippen molar-refractivity contribution >= 4 is 23.3 Å². The van der Waals surface area contributed by atoms with Crippen LogP contribution >= 0.6 is 11.6 Å². The normalized spacial score (nSPS) is 23.7. The van der Waals surface area contributed by atoms with Gasteiger partial charge in [-0.3, -0.25) is 4.79 Å². The zero-order valence-electron chi connectivity index (χ0n) is 9.83. The number of aliphatic carboxylic acids is 1. The molecule has 0 heterocycles. The summed E-state index contributed by atoms with van der Waals surface area (Å²) in [6, 6.07) is 4.32. The molecule has 18 heavy (non-hydrogen) atoms. The number of hydrogen-bond acceptors (Lipinski definition) is 2. The first-order valence-electron chi connectivity index (χ1n) is 6.00. The van der Waals surface area contributed by atoms with E-state index in [-0.39, 0.29) is 17.8 Å². The van der Waals surface area contributed by atoms with Crippen molar-refractivity contribution in [1.29, 1.82) is 0 Å². The Labute approximate surface area is 110 Å². The van der Waals surface area contributed by atoms with Crippen LogP contribution in [0.25, 0.3) is 0 Å². The second kappa shape index (κ2) is 5.57.